The number of nitrogens with zero attached hydrogens (tertiary/aromatic N) is 3. The molecule has 0 saturated heterocycles. The molecule has 0 saturated carbocycles. The molecule has 2 heterocycles. The molecular formula is C27H23ClN4O2. The highest BCUT2D eigenvalue weighted by molar-refractivity contribution is 6.30. The Morgan fingerprint density at radius 3 is 2.59 bits per heavy atom. The van der Waals surface area contributed by atoms with Crippen molar-refractivity contribution in [1.29, 1.82) is 0 Å². The number of hydrogen-bond acceptors (Lipinski definition) is 4. The van der Waals surface area contributed by atoms with Crippen LogP contribution in [0.15, 0.2) is 89.1 Å². The second kappa shape index (κ2) is 9.15. The van der Waals surface area contributed by atoms with Gasteiger partial charge in [0.15, 0.2) is 0 Å². The van der Waals surface area contributed by atoms with Crippen LogP contribution in [0.5, 0.6) is 0 Å². The third kappa shape index (κ3) is 4.08. The Hall–Kier alpha value is -3.90. The summed E-state index contributed by atoms with van der Waals surface area (Å²) in [5, 5.41) is 7.93. The first-order valence-electron chi connectivity index (χ1n) is 11.1. The van der Waals surface area contributed by atoms with Crippen molar-refractivity contribution < 1.29 is 9.32 Å². The molecule has 5 rings (SSSR count). The Bertz CT molecular complexity index is 1380. The molecule has 1 unspecified atom stereocenters. The number of benzene rings is 3. The van der Waals surface area contributed by atoms with Crippen LogP contribution in [0.2, 0.25) is 5.02 Å². The molecule has 1 aliphatic heterocycles. The van der Waals surface area contributed by atoms with Gasteiger partial charge in [-0.3, -0.25) is 4.90 Å². The van der Waals surface area contributed by atoms with Crippen LogP contribution in [0.4, 0.5) is 10.5 Å². The molecular weight excluding hydrogens is 448 g/mol. The van der Waals surface area contributed by atoms with Crippen LogP contribution >= 0.6 is 11.6 Å². The number of allylic oxidation sites excluding steroid dienone is 1. The van der Waals surface area contributed by atoms with Gasteiger partial charge in [-0.05, 0) is 48.7 Å². The lowest BCUT2D eigenvalue weighted by molar-refractivity contribution is 0.244. The molecule has 170 valence electrons. The zero-order chi connectivity index (χ0) is 23.7. The normalized spacial score (nSPS) is 16.0. The van der Waals surface area contributed by atoms with Gasteiger partial charge in [0.2, 0.25) is 5.82 Å². The number of carbonyl (C=O) groups is 1. The first kappa shape index (κ1) is 21.9. The predicted octanol–water partition coefficient (Wildman–Crippen LogP) is 6.65. The summed E-state index contributed by atoms with van der Waals surface area (Å²) in [5.41, 5.74) is 5.08. The van der Waals surface area contributed by atoms with Gasteiger partial charge in [0.25, 0.3) is 5.89 Å². The standard InChI is InChI=1S/C27H23ClN4O2/c1-3-18-9-7-14-22(15-18)32-17(2)23(24(29-27(32)33)19-10-5-4-6-11-19)26-30-25(31-34-26)20-12-8-13-21(28)16-20/h4-16,24H,3H2,1-2H3,(H,29,33). The van der Waals surface area contributed by atoms with Crippen LogP contribution in [0.3, 0.4) is 0 Å². The van der Waals surface area contributed by atoms with E-state index in [0.29, 0.717) is 16.7 Å². The Morgan fingerprint density at radius 1 is 1.03 bits per heavy atom. The Kier molecular flexibility index (Phi) is 5.90. The molecule has 2 amide bonds. The van der Waals surface area contributed by atoms with Gasteiger partial charge in [-0.15, -0.1) is 0 Å². The van der Waals surface area contributed by atoms with Crippen molar-refractivity contribution >= 4 is 28.9 Å². The molecule has 7 heteroatoms. The first-order valence-corrected chi connectivity index (χ1v) is 11.5. The second-order valence-corrected chi connectivity index (χ2v) is 8.52. The Morgan fingerprint density at radius 2 is 1.82 bits per heavy atom. The lowest BCUT2D eigenvalue weighted by atomic mass is 9.94. The molecule has 6 nitrogen and oxygen atoms in total. The van der Waals surface area contributed by atoms with E-state index in [1.165, 1.54) is 0 Å². The number of nitrogens with one attached hydrogen (secondary N) is 1. The number of amides is 2. The third-order valence-electron chi connectivity index (χ3n) is 5.93. The third-order valence-corrected chi connectivity index (χ3v) is 6.17. The number of carbonyl (C=O) groups excluding carboxylic acids is 1. The summed E-state index contributed by atoms with van der Waals surface area (Å²) in [5.74, 6) is 0.777. The van der Waals surface area contributed by atoms with Gasteiger partial charge in [0.1, 0.15) is 0 Å². The van der Waals surface area contributed by atoms with Gasteiger partial charge in [0, 0.05) is 16.3 Å². The largest absolute Gasteiger partial charge is 0.334 e. The highest BCUT2D eigenvalue weighted by Gasteiger charge is 2.36. The van der Waals surface area contributed by atoms with Crippen LogP contribution in [0, 0.1) is 0 Å². The molecule has 0 fully saturated rings. The van der Waals surface area contributed by atoms with Gasteiger partial charge in [0.05, 0.1) is 17.3 Å². The molecule has 1 N–H and O–H groups in total. The van der Waals surface area contributed by atoms with Gasteiger partial charge in [-0.25, -0.2) is 4.79 Å². The molecule has 1 aromatic heterocycles. The zero-order valence-electron chi connectivity index (χ0n) is 18.8. The monoisotopic (exact) mass is 470 g/mol. The van der Waals surface area contributed by atoms with Gasteiger partial charge >= 0.3 is 6.03 Å². The second-order valence-electron chi connectivity index (χ2n) is 8.08. The van der Waals surface area contributed by atoms with Crippen molar-refractivity contribution in [2.75, 3.05) is 4.90 Å². The van der Waals surface area contributed by atoms with Gasteiger partial charge in [-0.1, -0.05) is 78.3 Å². The summed E-state index contributed by atoms with van der Waals surface area (Å²) >= 11 is 6.15. The maximum absolute atomic E-state index is 13.3. The van der Waals surface area contributed by atoms with Crippen LogP contribution < -0.4 is 10.2 Å². The molecule has 1 aliphatic rings. The number of halogens is 1. The minimum absolute atomic E-state index is 0.210. The fourth-order valence-corrected chi connectivity index (χ4v) is 4.41. The number of aryl methyl sites for hydroxylation is 1. The molecule has 0 bridgehead atoms. The molecule has 0 spiro atoms. The van der Waals surface area contributed by atoms with Crippen molar-refractivity contribution in [3.05, 3.63) is 107 Å². The molecule has 3 aromatic carbocycles. The van der Waals surface area contributed by atoms with E-state index in [4.69, 9.17) is 16.1 Å². The summed E-state index contributed by atoms with van der Waals surface area (Å²) in [6.45, 7) is 4.00. The van der Waals surface area contributed by atoms with E-state index < -0.39 is 6.04 Å². The molecule has 1 atom stereocenters. The van der Waals surface area contributed by atoms with Crippen LogP contribution in [-0.4, -0.2) is 16.2 Å². The highest BCUT2D eigenvalue weighted by Crippen LogP contribution is 2.39. The van der Waals surface area contributed by atoms with E-state index in [9.17, 15) is 4.79 Å². The van der Waals surface area contributed by atoms with E-state index in [-0.39, 0.29) is 6.03 Å². The number of hydrogen-bond donors (Lipinski definition) is 1. The summed E-state index contributed by atoms with van der Waals surface area (Å²) < 4.78 is 5.74. The summed E-state index contributed by atoms with van der Waals surface area (Å²) in [4.78, 5) is 19.7. The first-order chi connectivity index (χ1) is 16.5. The minimum Gasteiger partial charge on any atom is -0.334 e. The summed E-state index contributed by atoms with van der Waals surface area (Å²) in [6.07, 6.45) is 0.873. The van der Waals surface area contributed by atoms with E-state index in [0.717, 1.165) is 40.1 Å². The smallest absolute Gasteiger partial charge is 0.326 e. The Labute approximate surface area is 202 Å². The molecule has 34 heavy (non-hydrogen) atoms. The maximum Gasteiger partial charge on any atom is 0.326 e. The van der Waals surface area contributed by atoms with Crippen LogP contribution in [0.25, 0.3) is 17.0 Å². The minimum atomic E-state index is -0.438. The van der Waals surface area contributed by atoms with Crippen LogP contribution in [0.1, 0.15) is 36.9 Å². The zero-order valence-corrected chi connectivity index (χ0v) is 19.6. The fourth-order valence-electron chi connectivity index (χ4n) is 4.22. The number of aromatic nitrogens is 2. The maximum atomic E-state index is 13.3. The molecule has 0 radical (unpaired) electrons. The lowest BCUT2D eigenvalue weighted by Gasteiger charge is -2.35. The average molecular weight is 471 g/mol. The average Bonchev–Trinajstić information content (AvgIpc) is 3.34. The van der Waals surface area contributed by atoms with Crippen LogP contribution in [-0.2, 0) is 6.42 Å². The van der Waals surface area contributed by atoms with E-state index in [2.05, 4.69) is 22.4 Å². The van der Waals surface area contributed by atoms with Crippen molar-refractivity contribution in [2.45, 2.75) is 26.3 Å². The fraction of sp³-hybridized carbons (Fsp3) is 0.148. The van der Waals surface area contributed by atoms with Gasteiger partial charge < -0.3 is 9.84 Å². The van der Waals surface area contributed by atoms with E-state index in [1.54, 1.807) is 17.0 Å². The highest BCUT2D eigenvalue weighted by atomic mass is 35.5. The number of urea groups is 1. The predicted molar refractivity (Wildman–Crippen MR) is 133 cm³/mol. The van der Waals surface area contributed by atoms with E-state index >= 15 is 0 Å². The van der Waals surface area contributed by atoms with Crippen molar-refractivity contribution in [2.24, 2.45) is 0 Å². The number of anilines is 1. The quantitative estimate of drug-likeness (QED) is 0.354. The summed E-state index contributed by atoms with van der Waals surface area (Å²) in [6, 6.07) is 24.4. The number of rotatable bonds is 5. The van der Waals surface area contributed by atoms with Crippen molar-refractivity contribution in [3.63, 3.8) is 0 Å². The topological polar surface area (TPSA) is 71.3 Å². The van der Waals surface area contributed by atoms with Gasteiger partial charge in [-0.2, -0.15) is 4.98 Å². The molecule has 4 aromatic rings. The van der Waals surface area contributed by atoms with Crippen molar-refractivity contribution in [1.82, 2.24) is 15.5 Å². The SMILES string of the molecule is CCc1cccc(N2C(=O)NC(c3ccccc3)C(c3nc(-c4cccc(Cl)c4)no3)=C2C)c1. The lowest BCUT2D eigenvalue weighted by Crippen LogP contribution is -2.46. The van der Waals surface area contributed by atoms with E-state index in [1.807, 2.05) is 73.7 Å². The summed E-state index contributed by atoms with van der Waals surface area (Å²) in [7, 11) is 0. The Balaban J connectivity index is 1.66. The molecule has 0 aliphatic carbocycles. The van der Waals surface area contributed by atoms with Crippen molar-refractivity contribution in [3.8, 4) is 11.4 Å².